The lowest BCUT2D eigenvalue weighted by Gasteiger charge is -2.14. The van der Waals surface area contributed by atoms with Gasteiger partial charge < -0.3 is 8.98 Å². The molecule has 10 aromatic carbocycles. The number of rotatable bonds is 8. The van der Waals surface area contributed by atoms with Gasteiger partial charge in [-0.15, -0.1) is 0 Å². The fraction of sp³-hybridized carbons (Fsp3) is 0. The van der Waals surface area contributed by atoms with Crippen molar-refractivity contribution < 1.29 is 4.42 Å². The molecule has 0 radical (unpaired) electrons. The van der Waals surface area contributed by atoms with E-state index in [9.17, 15) is 0 Å². The van der Waals surface area contributed by atoms with E-state index in [0.717, 1.165) is 72.0 Å². The van der Waals surface area contributed by atoms with Crippen LogP contribution in [0.15, 0.2) is 247 Å². The minimum atomic E-state index is 0.563. The quantitative estimate of drug-likeness (QED) is 0.153. The van der Waals surface area contributed by atoms with E-state index in [-0.39, 0.29) is 0 Å². The van der Waals surface area contributed by atoms with E-state index in [1.807, 2.05) is 66.7 Å². The molecule has 68 heavy (non-hydrogen) atoms. The number of hydrogen-bond acceptors (Lipinski definition) is 4. The molecule has 5 nitrogen and oxygen atoms in total. The lowest BCUT2D eigenvalue weighted by Crippen LogP contribution is -2.00. The smallest absolute Gasteiger partial charge is 0.167 e. The van der Waals surface area contributed by atoms with Crippen LogP contribution in [0.4, 0.5) is 0 Å². The maximum atomic E-state index is 6.70. The first-order chi connectivity index (χ1) is 33.7. The number of benzene rings is 10. The summed E-state index contributed by atoms with van der Waals surface area (Å²) in [5.41, 5.74) is 17.0. The molecule has 0 N–H and O–H groups in total. The standard InChI is InChI=1S/C63H40N4O/c1-5-17-41(18-6-1)48-35-49(42-19-7-2-8-20-42)37-50(36-48)45-25-15-26-51(38-45)67-57-30-14-13-27-52(57)55-39-46(31-33-58(55)67)47-32-34-59-56(40-47)53-28-16-29-54(60(53)68-59)63-65-61(43-21-9-3-10-22-43)64-62(66-63)44-23-11-4-12-24-44/h1-40H. The van der Waals surface area contributed by atoms with Crippen molar-refractivity contribution in [1.82, 2.24) is 19.5 Å². The van der Waals surface area contributed by atoms with Crippen molar-refractivity contribution in [3.05, 3.63) is 243 Å². The van der Waals surface area contributed by atoms with E-state index in [1.54, 1.807) is 0 Å². The molecule has 0 amide bonds. The zero-order valence-electron chi connectivity index (χ0n) is 36.8. The van der Waals surface area contributed by atoms with Crippen LogP contribution in [0.25, 0.3) is 128 Å². The molecular weight excluding hydrogens is 829 g/mol. The molecule has 0 fully saturated rings. The van der Waals surface area contributed by atoms with Gasteiger partial charge in [-0.25, -0.2) is 15.0 Å². The normalized spacial score (nSPS) is 11.5. The summed E-state index contributed by atoms with van der Waals surface area (Å²) in [7, 11) is 0. The molecule has 13 aromatic rings. The molecule has 0 atom stereocenters. The van der Waals surface area contributed by atoms with Crippen molar-refractivity contribution in [3.8, 4) is 84.4 Å². The summed E-state index contributed by atoms with van der Waals surface area (Å²) in [6, 6.07) is 85.6. The van der Waals surface area contributed by atoms with Crippen LogP contribution in [-0.4, -0.2) is 19.5 Å². The van der Waals surface area contributed by atoms with Crippen molar-refractivity contribution in [3.63, 3.8) is 0 Å². The van der Waals surface area contributed by atoms with E-state index in [4.69, 9.17) is 19.4 Å². The lowest BCUT2D eigenvalue weighted by molar-refractivity contribution is 0.669. The third-order valence-electron chi connectivity index (χ3n) is 13.0. The molecule has 0 spiro atoms. The van der Waals surface area contributed by atoms with E-state index >= 15 is 0 Å². The van der Waals surface area contributed by atoms with Gasteiger partial charge in [-0.2, -0.15) is 0 Å². The van der Waals surface area contributed by atoms with Gasteiger partial charge in [0.25, 0.3) is 0 Å². The molecular formula is C63H40N4O. The second kappa shape index (κ2) is 16.4. The maximum absolute atomic E-state index is 6.70. The van der Waals surface area contributed by atoms with Crippen molar-refractivity contribution in [1.29, 1.82) is 0 Å². The monoisotopic (exact) mass is 868 g/mol. The Kier molecular flexibility index (Phi) is 9.43. The molecule has 318 valence electrons. The first kappa shape index (κ1) is 39.2. The van der Waals surface area contributed by atoms with E-state index < -0.39 is 0 Å². The summed E-state index contributed by atoms with van der Waals surface area (Å²) in [5.74, 6) is 1.79. The van der Waals surface area contributed by atoms with Gasteiger partial charge in [-0.3, -0.25) is 0 Å². The lowest BCUT2D eigenvalue weighted by atomic mass is 9.93. The van der Waals surface area contributed by atoms with Crippen molar-refractivity contribution in [2.24, 2.45) is 0 Å². The van der Waals surface area contributed by atoms with Gasteiger partial charge in [0.05, 0.1) is 16.6 Å². The Bertz CT molecular complexity index is 3890. The Morgan fingerprint density at radius 1 is 0.279 bits per heavy atom. The first-order valence-electron chi connectivity index (χ1n) is 22.9. The summed E-state index contributed by atoms with van der Waals surface area (Å²) in [6.45, 7) is 0. The van der Waals surface area contributed by atoms with Gasteiger partial charge in [0.15, 0.2) is 17.5 Å². The van der Waals surface area contributed by atoms with Crippen LogP contribution in [0.3, 0.4) is 0 Å². The highest BCUT2D eigenvalue weighted by Crippen LogP contribution is 2.41. The van der Waals surface area contributed by atoms with Crippen molar-refractivity contribution in [2.75, 3.05) is 0 Å². The predicted octanol–water partition coefficient (Wildman–Crippen LogP) is 16.5. The number of para-hydroxylation sites is 2. The minimum absolute atomic E-state index is 0.563. The summed E-state index contributed by atoms with van der Waals surface area (Å²) in [4.78, 5) is 15.0. The van der Waals surface area contributed by atoms with Crippen molar-refractivity contribution in [2.45, 2.75) is 0 Å². The molecule has 0 saturated heterocycles. The topological polar surface area (TPSA) is 56.7 Å². The molecule has 13 rings (SSSR count). The SMILES string of the molecule is c1ccc(-c2cc(-c3ccccc3)cc(-c3cccc(-n4c5ccccc5c5cc(-c6ccc7oc8c(-c9nc(-c%10ccccc%10)nc(-c%10ccccc%10)n9)cccc8c7c6)ccc54)c3)c2)cc1. The van der Waals surface area contributed by atoms with E-state index in [1.165, 1.54) is 38.6 Å². The van der Waals surface area contributed by atoms with Crippen LogP contribution in [0.5, 0.6) is 0 Å². The van der Waals surface area contributed by atoms with Crippen LogP contribution in [0, 0.1) is 0 Å². The van der Waals surface area contributed by atoms with Gasteiger partial charge >= 0.3 is 0 Å². The Morgan fingerprint density at radius 3 is 1.40 bits per heavy atom. The fourth-order valence-electron chi connectivity index (χ4n) is 9.73. The van der Waals surface area contributed by atoms with Gasteiger partial charge in [0.2, 0.25) is 0 Å². The molecule has 0 aliphatic heterocycles. The zero-order chi connectivity index (χ0) is 45.0. The van der Waals surface area contributed by atoms with Gasteiger partial charge in [-0.1, -0.05) is 176 Å². The molecule has 3 heterocycles. The highest BCUT2D eigenvalue weighted by atomic mass is 16.3. The summed E-state index contributed by atoms with van der Waals surface area (Å²) in [6.07, 6.45) is 0. The highest BCUT2D eigenvalue weighted by molar-refractivity contribution is 6.12. The number of fused-ring (bicyclic) bond motifs is 6. The third-order valence-corrected chi connectivity index (χ3v) is 13.0. The molecule has 3 aromatic heterocycles. The molecule has 0 bridgehead atoms. The van der Waals surface area contributed by atoms with Crippen LogP contribution in [0.1, 0.15) is 0 Å². The molecule has 0 aliphatic rings. The predicted molar refractivity (Wildman–Crippen MR) is 279 cm³/mol. The Morgan fingerprint density at radius 2 is 0.750 bits per heavy atom. The minimum Gasteiger partial charge on any atom is -0.455 e. The summed E-state index contributed by atoms with van der Waals surface area (Å²) < 4.78 is 9.10. The second-order valence-electron chi connectivity index (χ2n) is 17.2. The van der Waals surface area contributed by atoms with Crippen molar-refractivity contribution >= 4 is 43.7 Å². The van der Waals surface area contributed by atoms with Crippen LogP contribution in [0.2, 0.25) is 0 Å². The zero-order valence-corrected chi connectivity index (χ0v) is 36.8. The number of aromatic nitrogens is 4. The number of hydrogen-bond donors (Lipinski definition) is 0. The Hall–Kier alpha value is -9.19. The van der Waals surface area contributed by atoms with Gasteiger partial charge in [0.1, 0.15) is 11.2 Å². The largest absolute Gasteiger partial charge is 0.455 e. The van der Waals surface area contributed by atoms with Gasteiger partial charge in [-0.05, 0) is 111 Å². The number of furan rings is 1. The van der Waals surface area contributed by atoms with Crippen LogP contribution >= 0.6 is 0 Å². The Balaban J connectivity index is 0.904. The fourth-order valence-corrected chi connectivity index (χ4v) is 9.73. The first-order valence-corrected chi connectivity index (χ1v) is 22.9. The van der Waals surface area contributed by atoms with Gasteiger partial charge in [0, 0.05) is 38.4 Å². The maximum Gasteiger partial charge on any atom is 0.167 e. The van der Waals surface area contributed by atoms with Crippen LogP contribution in [-0.2, 0) is 0 Å². The van der Waals surface area contributed by atoms with E-state index in [0.29, 0.717) is 17.5 Å². The number of nitrogens with zero attached hydrogens (tertiary/aromatic N) is 4. The average molecular weight is 869 g/mol. The molecule has 5 heteroatoms. The summed E-state index contributed by atoms with van der Waals surface area (Å²) in [5, 5.41) is 4.43. The van der Waals surface area contributed by atoms with E-state index in [2.05, 4.69) is 180 Å². The molecule has 0 aliphatic carbocycles. The summed E-state index contributed by atoms with van der Waals surface area (Å²) >= 11 is 0. The van der Waals surface area contributed by atoms with Crippen LogP contribution < -0.4 is 0 Å². The Labute approximate surface area is 392 Å². The highest BCUT2D eigenvalue weighted by Gasteiger charge is 2.20. The average Bonchev–Trinajstić information content (AvgIpc) is 3.97. The third kappa shape index (κ3) is 6.93. The molecule has 0 saturated carbocycles. The second-order valence-corrected chi connectivity index (χ2v) is 17.2. The molecule has 0 unspecified atom stereocenters.